The quantitative estimate of drug-likeness (QED) is 0.301. The Hall–Kier alpha value is -4.65. The fourth-order valence-electron chi connectivity index (χ4n) is 3.79. The summed E-state index contributed by atoms with van der Waals surface area (Å²) in [5.74, 6) is -1.31. The molecule has 156 valence electrons. The number of carbonyl (C=O) groups excluding carboxylic acids is 1. The molecule has 7 nitrogen and oxygen atoms in total. The largest absolute Gasteiger partial charge is 0.478 e. The van der Waals surface area contributed by atoms with Crippen molar-refractivity contribution in [1.29, 1.82) is 0 Å². The summed E-state index contributed by atoms with van der Waals surface area (Å²) in [5.41, 5.74) is 3.82. The number of carboxylic acid groups (broad SMARTS) is 1. The average Bonchev–Trinajstić information content (AvgIpc) is 3.43. The van der Waals surface area contributed by atoms with Gasteiger partial charge in [-0.05, 0) is 23.8 Å². The van der Waals surface area contributed by atoms with Gasteiger partial charge in [0.15, 0.2) is 0 Å². The van der Waals surface area contributed by atoms with E-state index in [-0.39, 0.29) is 11.5 Å². The van der Waals surface area contributed by atoms with E-state index < -0.39 is 5.97 Å². The number of nitrogens with one attached hydrogen (secondary N) is 3. The number of aliphatic carboxylic acids is 1. The van der Waals surface area contributed by atoms with Crippen molar-refractivity contribution in [3.63, 3.8) is 0 Å². The summed E-state index contributed by atoms with van der Waals surface area (Å²) in [6, 6.07) is 18.2. The zero-order valence-electron chi connectivity index (χ0n) is 16.8. The molecule has 0 spiro atoms. The van der Waals surface area contributed by atoms with Crippen molar-refractivity contribution >= 4 is 51.1 Å². The van der Waals surface area contributed by atoms with Crippen molar-refractivity contribution < 1.29 is 14.7 Å². The second-order valence-electron chi connectivity index (χ2n) is 7.26. The molecule has 3 aromatic heterocycles. The highest BCUT2D eigenvalue weighted by Gasteiger charge is 2.17. The maximum absolute atomic E-state index is 13.0. The van der Waals surface area contributed by atoms with E-state index in [9.17, 15) is 14.7 Å². The molecular weight excluding hydrogens is 404 g/mol. The van der Waals surface area contributed by atoms with Gasteiger partial charge in [-0.3, -0.25) is 4.79 Å². The molecule has 0 aliphatic heterocycles. The lowest BCUT2D eigenvalue weighted by Crippen LogP contribution is -2.11. The van der Waals surface area contributed by atoms with Crippen LogP contribution in [0.4, 0.5) is 5.69 Å². The van der Waals surface area contributed by atoms with Crippen molar-refractivity contribution in [2.24, 2.45) is 0 Å². The molecule has 32 heavy (non-hydrogen) atoms. The third kappa shape index (κ3) is 3.41. The van der Waals surface area contributed by atoms with Gasteiger partial charge in [-0.2, -0.15) is 0 Å². The predicted octanol–water partition coefficient (Wildman–Crippen LogP) is 4.92. The summed E-state index contributed by atoms with van der Waals surface area (Å²) in [6.45, 7) is 0. The van der Waals surface area contributed by atoms with Crippen molar-refractivity contribution in [3.8, 4) is 0 Å². The van der Waals surface area contributed by atoms with Gasteiger partial charge in [-0.15, -0.1) is 0 Å². The Labute approximate surface area is 182 Å². The Balaban J connectivity index is 1.58. The molecule has 1 amide bonds. The first-order chi connectivity index (χ1) is 15.6. The monoisotopic (exact) mass is 422 g/mol. The molecule has 0 atom stereocenters. The molecule has 0 saturated carbocycles. The van der Waals surface area contributed by atoms with Gasteiger partial charge in [0, 0.05) is 40.4 Å². The molecule has 0 unspecified atom stereocenters. The number of amides is 1. The Morgan fingerprint density at radius 2 is 1.72 bits per heavy atom. The van der Waals surface area contributed by atoms with Gasteiger partial charge < -0.3 is 20.4 Å². The minimum absolute atomic E-state index is 0.143. The second kappa shape index (κ2) is 7.88. The molecular formula is C25H18N4O3. The number of aromatic nitrogens is 3. The third-order valence-electron chi connectivity index (χ3n) is 5.30. The van der Waals surface area contributed by atoms with Crippen LogP contribution in [0, 0.1) is 0 Å². The maximum Gasteiger partial charge on any atom is 0.336 e. The first-order valence-corrected chi connectivity index (χ1v) is 9.96. The number of aromatic amines is 2. The number of pyridine rings is 1. The van der Waals surface area contributed by atoms with E-state index in [1.54, 1.807) is 55.0 Å². The Morgan fingerprint density at radius 3 is 2.53 bits per heavy atom. The number of H-pyrrole nitrogens is 2. The van der Waals surface area contributed by atoms with Crippen LogP contribution >= 0.6 is 0 Å². The van der Waals surface area contributed by atoms with E-state index in [1.165, 1.54) is 0 Å². The summed E-state index contributed by atoms with van der Waals surface area (Å²) in [6.07, 6.45) is 6.53. The van der Waals surface area contributed by atoms with Crippen LogP contribution < -0.4 is 5.32 Å². The number of nitrogens with zero attached hydrogens (tertiary/aromatic N) is 1. The lowest BCUT2D eigenvalue weighted by atomic mass is 10.0. The number of anilines is 1. The molecule has 5 rings (SSSR count). The van der Waals surface area contributed by atoms with E-state index in [0.717, 1.165) is 10.9 Å². The van der Waals surface area contributed by atoms with Crippen LogP contribution in [0.1, 0.15) is 21.5 Å². The summed E-state index contributed by atoms with van der Waals surface area (Å²) in [5, 5.41) is 14.2. The molecule has 0 radical (unpaired) electrons. The van der Waals surface area contributed by atoms with E-state index in [1.807, 2.05) is 30.3 Å². The Morgan fingerprint density at radius 1 is 0.938 bits per heavy atom. The van der Waals surface area contributed by atoms with Crippen LogP contribution in [0.15, 0.2) is 79.3 Å². The van der Waals surface area contributed by atoms with Gasteiger partial charge in [-0.25, -0.2) is 9.78 Å². The first-order valence-electron chi connectivity index (χ1n) is 9.96. The molecule has 0 aliphatic carbocycles. The number of carbonyl (C=O) groups is 2. The number of para-hydroxylation sites is 1. The normalized spacial score (nSPS) is 11.7. The Bertz CT molecular complexity index is 1500. The Kier molecular flexibility index (Phi) is 4.76. The molecule has 0 saturated heterocycles. The van der Waals surface area contributed by atoms with Crippen molar-refractivity contribution in [1.82, 2.24) is 15.0 Å². The zero-order chi connectivity index (χ0) is 22.1. The van der Waals surface area contributed by atoms with Crippen molar-refractivity contribution in [2.75, 3.05) is 5.32 Å². The molecule has 4 N–H and O–H groups in total. The SMILES string of the molecule is O=C(O)C(=Cc1c[nH]c2nccc(NC(=O)c3c[nH]c4ccccc34)c12)c1ccccc1. The lowest BCUT2D eigenvalue weighted by Gasteiger charge is -2.08. The summed E-state index contributed by atoms with van der Waals surface area (Å²) in [4.78, 5) is 35.5. The van der Waals surface area contributed by atoms with Crippen LogP contribution in [-0.4, -0.2) is 31.9 Å². The van der Waals surface area contributed by atoms with Crippen LogP contribution in [-0.2, 0) is 4.79 Å². The molecule has 0 bridgehead atoms. The van der Waals surface area contributed by atoms with Gasteiger partial charge in [0.2, 0.25) is 0 Å². The number of rotatable bonds is 5. The number of hydrogen-bond donors (Lipinski definition) is 4. The maximum atomic E-state index is 13.0. The van der Waals surface area contributed by atoms with Gasteiger partial charge in [0.1, 0.15) is 5.65 Å². The van der Waals surface area contributed by atoms with Gasteiger partial charge in [-0.1, -0.05) is 48.5 Å². The highest BCUT2D eigenvalue weighted by Crippen LogP contribution is 2.30. The fraction of sp³-hybridized carbons (Fsp3) is 0. The highest BCUT2D eigenvalue weighted by atomic mass is 16.4. The molecule has 5 aromatic rings. The molecule has 3 heterocycles. The van der Waals surface area contributed by atoms with Crippen LogP contribution in [0.5, 0.6) is 0 Å². The standard InChI is InChI=1S/C25H18N4O3/c30-24(19-14-27-20-9-5-4-8-17(19)20)29-21-10-11-26-23-22(21)16(13-28-23)12-18(25(31)32)15-6-2-1-3-7-15/h1-14,27H,(H,31,32)(H2,26,28,29,30). The zero-order valence-corrected chi connectivity index (χ0v) is 16.8. The van der Waals surface area contributed by atoms with Gasteiger partial charge in [0.25, 0.3) is 5.91 Å². The van der Waals surface area contributed by atoms with Crippen LogP contribution in [0.3, 0.4) is 0 Å². The highest BCUT2D eigenvalue weighted by molar-refractivity contribution is 6.22. The molecule has 0 fully saturated rings. The summed E-state index contributed by atoms with van der Waals surface area (Å²) in [7, 11) is 0. The van der Waals surface area contributed by atoms with E-state index in [2.05, 4.69) is 20.3 Å². The second-order valence-corrected chi connectivity index (χ2v) is 7.26. The number of carboxylic acids is 1. The van der Waals surface area contributed by atoms with Gasteiger partial charge in [0.05, 0.1) is 16.8 Å². The predicted molar refractivity (Wildman–Crippen MR) is 124 cm³/mol. The minimum atomic E-state index is -1.04. The molecule has 0 aliphatic rings. The summed E-state index contributed by atoms with van der Waals surface area (Å²) < 4.78 is 0. The topological polar surface area (TPSA) is 111 Å². The van der Waals surface area contributed by atoms with Crippen molar-refractivity contribution in [3.05, 3.63) is 95.9 Å². The van der Waals surface area contributed by atoms with Crippen molar-refractivity contribution in [2.45, 2.75) is 0 Å². The third-order valence-corrected chi connectivity index (χ3v) is 5.30. The smallest absolute Gasteiger partial charge is 0.336 e. The van der Waals surface area contributed by atoms with E-state index in [4.69, 9.17) is 0 Å². The fourth-order valence-corrected chi connectivity index (χ4v) is 3.79. The number of fused-ring (bicyclic) bond motifs is 2. The number of benzene rings is 2. The first kappa shape index (κ1) is 19.3. The van der Waals surface area contributed by atoms with Crippen LogP contribution in [0.2, 0.25) is 0 Å². The number of hydrogen-bond acceptors (Lipinski definition) is 3. The summed E-state index contributed by atoms with van der Waals surface area (Å²) >= 11 is 0. The average molecular weight is 422 g/mol. The van der Waals surface area contributed by atoms with Gasteiger partial charge >= 0.3 is 5.97 Å². The minimum Gasteiger partial charge on any atom is -0.478 e. The molecule has 2 aromatic carbocycles. The lowest BCUT2D eigenvalue weighted by molar-refractivity contribution is -0.130. The van der Waals surface area contributed by atoms with E-state index in [0.29, 0.717) is 33.4 Å². The molecule has 7 heteroatoms. The van der Waals surface area contributed by atoms with E-state index >= 15 is 0 Å². The van der Waals surface area contributed by atoms with Crippen LogP contribution in [0.25, 0.3) is 33.6 Å².